The van der Waals surface area contributed by atoms with Crippen LogP contribution in [0.3, 0.4) is 0 Å². The first-order valence-electron chi connectivity index (χ1n) is 13.5. The van der Waals surface area contributed by atoms with E-state index >= 15 is 0 Å². The summed E-state index contributed by atoms with van der Waals surface area (Å²) in [5, 5.41) is 13.7. The highest BCUT2D eigenvalue weighted by Crippen LogP contribution is 2.37. The number of piperidine rings is 1. The second kappa shape index (κ2) is 12.2. The van der Waals surface area contributed by atoms with Gasteiger partial charge in [-0.1, -0.05) is 24.3 Å². The molecule has 12 heteroatoms. The van der Waals surface area contributed by atoms with Gasteiger partial charge in [-0.25, -0.2) is 16.8 Å². The molecule has 2 fully saturated rings. The molecule has 41 heavy (non-hydrogen) atoms. The molecule has 2 aliphatic rings. The van der Waals surface area contributed by atoms with E-state index in [1.54, 1.807) is 42.7 Å². The van der Waals surface area contributed by atoms with Gasteiger partial charge >= 0.3 is 0 Å². The molecule has 3 aromatic rings. The zero-order chi connectivity index (χ0) is 29.1. The van der Waals surface area contributed by atoms with Crippen molar-refractivity contribution >= 4 is 19.9 Å². The minimum atomic E-state index is -3.65. The van der Waals surface area contributed by atoms with Crippen molar-refractivity contribution < 1.29 is 31.4 Å². The fourth-order valence-corrected chi connectivity index (χ4v) is 7.47. The van der Waals surface area contributed by atoms with Gasteiger partial charge in [0.2, 0.25) is 10.0 Å². The van der Waals surface area contributed by atoms with E-state index in [1.165, 1.54) is 16.4 Å². The summed E-state index contributed by atoms with van der Waals surface area (Å²) in [6, 6.07) is 16.9. The maximum atomic E-state index is 13.4. The van der Waals surface area contributed by atoms with Gasteiger partial charge in [0.05, 0.1) is 22.0 Å². The number of rotatable bonds is 10. The van der Waals surface area contributed by atoms with Crippen LogP contribution >= 0.6 is 0 Å². The number of pyridine rings is 1. The number of benzene rings is 2. The van der Waals surface area contributed by atoms with Crippen LogP contribution in [0, 0.1) is 0 Å². The summed E-state index contributed by atoms with van der Waals surface area (Å²) in [7, 11) is -7.00. The van der Waals surface area contributed by atoms with E-state index in [4.69, 9.17) is 9.47 Å². The number of aromatic nitrogens is 1. The molecule has 2 unspecified atom stereocenters. The summed E-state index contributed by atoms with van der Waals surface area (Å²) in [5.74, 6) is 0.376. The van der Waals surface area contributed by atoms with Gasteiger partial charge in [0, 0.05) is 49.9 Å². The quantitative estimate of drug-likeness (QED) is 0.359. The Bertz CT molecular complexity index is 1560. The van der Waals surface area contributed by atoms with Crippen LogP contribution in [0.15, 0.2) is 82.8 Å². The highest BCUT2D eigenvalue weighted by molar-refractivity contribution is 7.90. The van der Waals surface area contributed by atoms with Crippen LogP contribution in [0.4, 0.5) is 0 Å². The lowest BCUT2D eigenvalue weighted by Gasteiger charge is -2.38. The fourth-order valence-electron chi connectivity index (χ4n) is 5.33. The van der Waals surface area contributed by atoms with Crippen molar-refractivity contribution in [3.63, 3.8) is 0 Å². The minimum Gasteiger partial charge on any atom is -0.491 e. The molecule has 2 N–H and O–H groups in total. The van der Waals surface area contributed by atoms with Crippen molar-refractivity contribution in [1.29, 1.82) is 0 Å². The highest BCUT2D eigenvalue weighted by atomic mass is 32.2. The van der Waals surface area contributed by atoms with Crippen LogP contribution in [0.25, 0.3) is 11.1 Å². The van der Waals surface area contributed by atoms with Crippen molar-refractivity contribution in [2.45, 2.75) is 46.8 Å². The van der Waals surface area contributed by atoms with Crippen molar-refractivity contribution in [2.75, 3.05) is 39.1 Å². The molecule has 220 valence electrons. The Hall–Kier alpha value is -2.87. The second-order valence-corrected chi connectivity index (χ2v) is 14.6. The maximum absolute atomic E-state index is 13.4. The van der Waals surface area contributed by atoms with Gasteiger partial charge in [-0.2, -0.15) is 4.31 Å². The lowest BCUT2D eigenvalue weighted by atomic mass is 9.88. The summed E-state index contributed by atoms with van der Waals surface area (Å²) in [5.41, 5.74) is 1.27. The molecule has 2 aliphatic heterocycles. The Morgan fingerprint density at radius 3 is 2.51 bits per heavy atom. The number of sulfonamides is 1. The number of aliphatic hydroxyl groups excluding tert-OH is 1. The molecule has 0 amide bonds. The van der Waals surface area contributed by atoms with E-state index in [2.05, 4.69) is 10.3 Å². The Labute approximate surface area is 241 Å². The molecule has 0 bridgehead atoms. The number of hydrogen-bond donors (Lipinski definition) is 2. The third-order valence-electron chi connectivity index (χ3n) is 7.63. The standard InChI is InChI=1S/C29H35N3O7S2/c1-40(34,35)27-8-3-7-26(16-27)38-21-25(33)19-31-24-17-29(39-20-24)10-13-32(14-11-29)41(36,37)28-9-2-5-22(15-28)23-6-4-12-30-18-23/h2-9,12,15-16,18,24-25,31,33H,10-11,13-14,17,19-21H2,1H3. The molecule has 0 aliphatic carbocycles. The first-order chi connectivity index (χ1) is 19.5. The third kappa shape index (κ3) is 7.14. The van der Waals surface area contributed by atoms with Gasteiger partial charge < -0.3 is 19.9 Å². The molecule has 10 nitrogen and oxygen atoms in total. The summed E-state index contributed by atoms with van der Waals surface area (Å²) in [6.45, 7) is 1.51. The van der Waals surface area contributed by atoms with Gasteiger partial charge in [-0.3, -0.25) is 4.98 Å². The normalized spacial score (nSPS) is 20.2. The van der Waals surface area contributed by atoms with Crippen LogP contribution in [-0.4, -0.2) is 88.1 Å². The zero-order valence-corrected chi connectivity index (χ0v) is 24.5. The topological polar surface area (TPSA) is 135 Å². The van der Waals surface area contributed by atoms with Crippen LogP contribution in [-0.2, 0) is 24.6 Å². The van der Waals surface area contributed by atoms with E-state index in [0.717, 1.165) is 23.8 Å². The SMILES string of the molecule is CS(=O)(=O)c1cccc(OCC(O)CNC2COC3(CCN(S(=O)(=O)c4cccc(-c5cccnc5)c4)CC3)C2)c1. The monoisotopic (exact) mass is 601 g/mol. The van der Waals surface area contributed by atoms with Crippen LogP contribution in [0.2, 0.25) is 0 Å². The fraction of sp³-hybridized carbons (Fsp3) is 0.414. The van der Waals surface area contributed by atoms with Crippen LogP contribution < -0.4 is 10.1 Å². The van der Waals surface area contributed by atoms with Gasteiger partial charge in [0.1, 0.15) is 18.5 Å². The van der Waals surface area contributed by atoms with E-state index < -0.39 is 31.6 Å². The van der Waals surface area contributed by atoms with Crippen LogP contribution in [0.5, 0.6) is 5.75 Å². The predicted molar refractivity (Wildman–Crippen MR) is 154 cm³/mol. The van der Waals surface area contributed by atoms with Gasteiger partial charge in [0.15, 0.2) is 9.84 Å². The van der Waals surface area contributed by atoms with Crippen molar-refractivity contribution in [2.24, 2.45) is 0 Å². The molecule has 3 heterocycles. The number of nitrogens with zero attached hydrogens (tertiary/aromatic N) is 2. The number of ether oxygens (including phenoxy) is 2. The van der Waals surface area contributed by atoms with Crippen molar-refractivity contribution in [3.8, 4) is 16.9 Å². The lowest BCUT2D eigenvalue weighted by Crippen LogP contribution is -2.47. The molecule has 0 saturated carbocycles. The lowest BCUT2D eigenvalue weighted by molar-refractivity contribution is -0.0312. The molecule has 5 rings (SSSR count). The molecule has 2 saturated heterocycles. The third-order valence-corrected chi connectivity index (χ3v) is 10.6. The van der Waals surface area contributed by atoms with Gasteiger partial charge in [-0.15, -0.1) is 0 Å². The summed E-state index contributed by atoms with van der Waals surface area (Å²) >= 11 is 0. The van der Waals surface area contributed by atoms with Gasteiger partial charge in [0.25, 0.3) is 0 Å². The summed E-state index contributed by atoms with van der Waals surface area (Å²) in [4.78, 5) is 4.55. The van der Waals surface area contributed by atoms with E-state index in [1.807, 2.05) is 18.2 Å². The van der Waals surface area contributed by atoms with E-state index in [-0.39, 0.29) is 29.0 Å². The highest BCUT2D eigenvalue weighted by Gasteiger charge is 2.44. The van der Waals surface area contributed by atoms with E-state index in [9.17, 15) is 21.9 Å². The maximum Gasteiger partial charge on any atom is 0.243 e. The Morgan fingerprint density at radius 2 is 1.78 bits per heavy atom. The minimum absolute atomic E-state index is 0.00768. The Morgan fingerprint density at radius 1 is 1.05 bits per heavy atom. The summed E-state index contributed by atoms with van der Waals surface area (Å²) < 4.78 is 63.6. The van der Waals surface area contributed by atoms with Crippen molar-refractivity contribution in [3.05, 3.63) is 73.1 Å². The molecular weight excluding hydrogens is 566 g/mol. The largest absolute Gasteiger partial charge is 0.491 e. The van der Waals surface area contributed by atoms with E-state index in [0.29, 0.717) is 38.3 Å². The van der Waals surface area contributed by atoms with Crippen molar-refractivity contribution in [1.82, 2.24) is 14.6 Å². The molecule has 1 aromatic heterocycles. The molecular formula is C29H35N3O7S2. The number of aliphatic hydroxyl groups is 1. The average Bonchev–Trinajstić information content (AvgIpc) is 3.37. The molecule has 1 spiro atoms. The second-order valence-electron chi connectivity index (χ2n) is 10.7. The summed E-state index contributed by atoms with van der Waals surface area (Å²) in [6.07, 6.45) is 5.63. The smallest absolute Gasteiger partial charge is 0.243 e. The number of sulfone groups is 1. The molecule has 2 atom stereocenters. The molecule has 0 radical (unpaired) electrons. The zero-order valence-electron chi connectivity index (χ0n) is 22.8. The Kier molecular flexibility index (Phi) is 8.78. The number of hydrogen-bond acceptors (Lipinski definition) is 9. The average molecular weight is 602 g/mol. The predicted octanol–water partition coefficient (Wildman–Crippen LogP) is 2.49. The first-order valence-corrected chi connectivity index (χ1v) is 16.9. The number of nitrogens with one attached hydrogen (secondary N) is 1. The first kappa shape index (κ1) is 29.6. The van der Waals surface area contributed by atoms with Crippen LogP contribution in [0.1, 0.15) is 19.3 Å². The van der Waals surface area contributed by atoms with Gasteiger partial charge in [-0.05, 0) is 61.2 Å². The molecule has 2 aromatic carbocycles. The Balaban J connectivity index is 1.10.